The second kappa shape index (κ2) is 8.20. The number of aromatic hydroxyl groups is 2. The van der Waals surface area contributed by atoms with Crippen LogP contribution in [0.5, 0.6) is 11.5 Å². The van der Waals surface area contributed by atoms with Gasteiger partial charge in [0.15, 0.2) is 11.0 Å². The van der Waals surface area contributed by atoms with E-state index in [0.29, 0.717) is 21.6 Å². The average molecular weight is 470 g/mol. The molecule has 0 aliphatic heterocycles. The van der Waals surface area contributed by atoms with Crippen molar-refractivity contribution < 1.29 is 15.0 Å². The van der Waals surface area contributed by atoms with Crippen LogP contribution in [0.2, 0.25) is 5.02 Å². The van der Waals surface area contributed by atoms with Crippen LogP contribution in [0.25, 0.3) is 11.4 Å². The zero-order chi connectivity index (χ0) is 19.6. The molecule has 0 bridgehead atoms. The van der Waals surface area contributed by atoms with E-state index in [9.17, 15) is 15.0 Å². The van der Waals surface area contributed by atoms with Gasteiger partial charge in [-0.3, -0.25) is 4.79 Å². The van der Waals surface area contributed by atoms with Crippen LogP contribution in [0.15, 0.2) is 46.0 Å². The zero-order valence-electron chi connectivity index (χ0n) is 14.0. The van der Waals surface area contributed by atoms with Gasteiger partial charge in [0.2, 0.25) is 5.91 Å². The highest BCUT2D eigenvalue weighted by molar-refractivity contribution is 9.10. The standard InChI is InChI=1S/C17H14BrClN4O3S/c1-23-16(11-6-9(18)2-4-13(11)24)21-22-17(23)27-8-15(26)20-12-7-10(19)3-5-14(12)25/h2-7,24-25H,8H2,1H3,(H,20,26). The lowest BCUT2D eigenvalue weighted by Crippen LogP contribution is -2.14. The normalized spacial score (nSPS) is 10.8. The van der Waals surface area contributed by atoms with Gasteiger partial charge in [-0.2, -0.15) is 0 Å². The predicted molar refractivity (Wildman–Crippen MR) is 108 cm³/mol. The average Bonchev–Trinajstić information content (AvgIpc) is 2.99. The first-order valence-electron chi connectivity index (χ1n) is 7.64. The summed E-state index contributed by atoms with van der Waals surface area (Å²) in [5.74, 6) is 0.224. The van der Waals surface area contributed by atoms with Crippen LogP contribution in [0.3, 0.4) is 0 Å². The van der Waals surface area contributed by atoms with E-state index in [-0.39, 0.29) is 28.8 Å². The molecule has 0 aliphatic carbocycles. The van der Waals surface area contributed by atoms with E-state index in [1.54, 1.807) is 29.8 Å². The lowest BCUT2D eigenvalue weighted by Gasteiger charge is -2.08. The zero-order valence-corrected chi connectivity index (χ0v) is 17.1. The van der Waals surface area contributed by atoms with Gasteiger partial charge in [0.25, 0.3) is 0 Å². The molecular weight excluding hydrogens is 456 g/mol. The highest BCUT2D eigenvalue weighted by Gasteiger charge is 2.16. The number of hydrogen-bond acceptors (Lipinski definition) is 6. The maximum absolute atomic E-state index is 12.1. The van der Waals surface area contributed by atoms with E-state index in [0.717, 1.165) is 4.47 Å². The lowest BCUT2D eigenvalue weighted by atomic mass is 10.2. The summed E-state index contributed by atoms with van der Waals surface area (Å²) in [4.78, 5) is 12.1. The number of halogens is 2. The molecule has 0 saturated heterocycles. The Bertz CT molecular complexity index is 1010. The van der Waals surface area contributed by atoms with Crippen molar-refractivity contribution in [2.24, 2.45) is 7.05 Å². The molecule has 0 atom stereocenters. The molecule has 0 spiro atoms. The third-order valence-electron chi connectivity index (χ3n) is 3.60. The Kier molecular flexibility index (Phi) is 5.93. The van der Waals surface area contributed by atoms with Gasteiger partial charge in [-0.1, -0.05) is 39.3 Å². The smallest absolute Gasteiger partial charge is 0.234 e. The number of benzene rings is 2. The number of thioether (sulfide) groups is 1. The molecule has 0 fully saturated rings. The van der Waals surface area contributed by atoms with Gasteiger partial charge in [-0.25, -0.2) is 0 Å². The van der Waals surface area contributed by atoms with Crippen molar-refractivity contribution in [3.05, 3.63) is 45.9 Å². The first-order chi connectivity index (χ1) is 12.8. The fourth-order valence-corrected chi connectivity index (χ4v) is 3.53. The van der Waals surface area contributed by atoms with Crippen LogP contribution in [0, 0.1) is 0 Å². The second-order valence-electron chi connectivity index (χ2n) is 5.52. The van der Waals surface area contributed by atoms with E-state index >= 15 is 0 Å². The maximum atomic E-state index is 12.1. The second-order valence-corrected chi connectivity index (χ2v) is 7.82. The molecule has 7 nitrogen and oxygen atoms in total. The van der Waals surface area contributed by atoms with Gasteiger partial charge in [0.1, 0.15) is 11.5 Å². The lowest BCUT2D eigenvalue weighted by molar-refractivity contribution is -0.113. The van der Waals surface area contributed by atoms with Gasteiger partial charge >= 0.3 is 0 Å². The summed E-state index contributed by atoms with van der Waals surface area (Å²) in [6.07, 6.45) is 0. The van der Waals surface area contributed by atoms with Crippen molar-refractivity contribution >= 4 is 50.9 Å². The minimum atomic E-state index is -0.326. The third kappa shape index (κ3) is 4.55. The number of nitrogens with zero attached hydrogens (tertiary/aromatic N) is 3. The number of carbonyl (C=O) groups is 1. The summed E-state index contributed by atoms with van der Waals surface area (Å²) < 4.78 is 2.49. The van der Waals surface area contributed by atoms with Crippen LogP contribution in [0.4, 0.5) is 5.69 Å². The molecule has 0 saturated carbocycles. The van der Waals surface area contributed by atoms with Crippen molar-refractivity contribution in [2.75, 3.05) is 11.1 Å². The van der Waals surface area contributed by atoms with Crippen molar-refractivity contribution in [1.82, 2.24) is 14.8 Å². The van der Waals surface area contributed by atoms with E-state index in [4.69, 9.17) is 11.6 Å². The molecule has 3 N–H and O–H groups in total. The Morgan fingerprint density at radius 3 is 2.74 bits per heavy atom. The van der Waals surface area contributed by atoms with Gasteiger partial charge in [0, 0.05) is 16.5 Å². The molecule has 1 amide bonds. The summed E-state index contributed by atoms with van der Waals surface area (Å²) in [7, 11) is 1.75. The number of aromatic nitrogens is 3. The number of phenols is 2. The number of anilines is 1. The summed E-state index contributed by atoms with van der Waals surface area (Å²) in [6, 6.07) is 9.43. The summed E-state index contributed by atoms with van der Waals surface area (Å²) in [5, 5.41) is 31.5. The van der Waals surface area contributed by atoms with Crippen molar-refractivity contribution in [1.29, 1.82) is 0 Å². The molecule has 0 aliphatic rings. The molecule has 3 aromatic rings. The van der Waals surface area contributed by atoms with Gasteiger partial charge < -0.3 is 20.1 Å². The number of carbonyl (C=O) groups excluding carboxylic acids is 1. The van der Waals surface area contributed by atoms with Crippen LogP contribution in [0.1, 0.15) is 0 Å². The molecular formula is C17H14BrClN4O3S. The molecule has 0 unspecified atom stereocenters. The number of hydrogen-bond donors (Lipinski definition) is 3. The monoisotopic (exact) mass is 468 g/mol. The Morgan fingerprint density at radius 1 is 1.22 bits per heavy atom. The maximum Gasteiger partial charge on any atom is 0.234 e. The highest BCUT2D eigenvalue weighted by atomic mass is 79.9. The number of rotatable bonds is 5. The van der Waals surface area contributed by atoms with Crippen LogP contribution >= 0.6 is 39.3 Å². The van der Waals surface area contributed by atoms with E-state index in [2.05, 4.69) is 31.4 Å². The molecule has 1 aromatic heterocycles. The van der Waals surface area contributed by atoms with Gasteiger partial charge in [0.05, 0.1) is 17.0 Å². The summed E-state index contributed by atoms with van der Waals surface area (Å²) >= 11 is 10.4. The third-order valence-corrected chi connectivity index (χ3v) is 5.35. The van der Waals surface area contributed by atoms with E-state index in [1.165, 1.54) is 30.0 Å². The van der Waals surface area contributed by atoms with Crippen molar-refractivity contribution in [3.63, 3.8) is 0 Å². The highest BCUT2D eigenvalue weighted by Crippen LogP contribution is 2.32. The van der Waals surface area contributed by atoms with E-state index in [1.807, 2.05) is 0 Å². The first kappa shape index (κ1) is 19.5. The molecule has 140 valence electrons. The van der Waals surface area contributed by atoms with Crippen molar-refractivity contribution in [3.8, 4) is 22.9 Å². The number of amides is 1. The molecule has 1 heterocycles. The van der Waals surface area contributed by atoms with Crippen LogP contribution in [-0.4, -0.2) is 36.6 Å². The summed E-state index contributed by atoms with van der Waals surface area (Å²) in [6.45, 7) is 0. The SMILES string of the molecule is Cn1c(SCC(=O)Nc2cc(Cl)ccc2O)nnc1-c1cc(Br)ccc1O. The molecule has 27 heavy (non-hydrogen) atoms. The molecule has 3 rings (SSSR count). The minimum Gasteiger partial charge on any atom is -0.507 e. The predicted octanol–water partition coefficient (Wildman–Crippen LogP) is 4.04. The summed E-state index contributed by atoms with van der Waals surface area (Å²) in [5.41, 5.74) is 0.769. The molecule has 0 radical (unpaired) electrons. The first-order valence-corrected chi connectivity index (χ1v) is 9.80. The largest absolute Gasteiger partial charge is 0.507 e. The van der Waals surface area contributed by atoms with E-state index < -0.39 is 0 Å². The molecule has 10 heteroatoms. The number of nitrogens with one attached hydrogen (secondary N) is 1. The van der Waals surface area contributed by atoms with Gasteiger partial charge in [-0.05, 0) is 36.4 Å². The Hall–Kier alpha value is -2.23. The van der Waals surface area contributed by atoms with Gasteiger partial charge in [-0.15, -0.1) is 10.2 Å². The fraction of sp³-hybridized carbons (Fsp3) is 0.118. The fourth-order valence-electron chi connectivity index (χ4n) is 2.29. The molecule has 2 aromatic carbocycles. The van der Waals surface area contributed by atoms with Crippen molar-refractivity contribution in [2.45, 2.75) is 5.16 Å². The Balaban J connectivity index is 1.70. The van der Waals surface area contributed by atoms with Crippen LogP contribution < -0.4 is 5.32 Å². The minimum absolute atomic E-state index is 0.0579. The Labute approximate surface area is 172 Å². The quantitative estimate of drug-likeness (QED) is 0.385. The van der Waals surface area contributed by atoms with Crippen LogP contribution in [-0.2, 0) is 11.8 Å². The topological polar surface area (TPSA) is 100 Å². The number of phenolic OH excluding ortho intramolecular Hbond substituents is 2. The Morgan fingerprint density at radius 2 is 1.96 bits per heavy atom.